The normalized spacial score (nSPS) is 17.4. The number of hydrogen-bond acceptors (Lipinski definition) is 12. The molecular weight excluding hydrogens is 585 g/mol. The fourth-order valence-electron chi connectivity index (χ4n) is 1.25. The van der Waals surface area contributed by atoms with E-state index in [4.69, 9.17) is 74.1 Å². The van der Waals surface area contributed by atoms with Crippen molar-refractivity contribution in [2.24, 2.45) is 8.73 Å². The van der Waals surface area contributed by atoms with Crippen LogP contribution >= 0.6 is 48.9 Å². The van der Waals surface area contributed by atoms with Crippen LogP contribution in [0.15, 0.2) is 8.73 Å². The quantitative estimate of drug-likeness (QED) is 0.187. The zero-order valence-electron chi connectivity index (χ0n) is 13.0. The number of nitrogens with zero attached hydrogens (tertiary/aromatic N) is 4. The van der Waals surface area contributed by atoms with Gasteiger partial charge in [0.15, 0.2) is 0 Å². The third-order valence-corrected chi connectivity index (χ3v) is 4.16. The summed E-state index contributed by atoms with van der Waals surface area (Å²) < 4.78 is 9.88. The van der Waals surface area contributed by atoms with E-state index < -0.39 is 0 Å². The van der Waals surface area contributed by atoms with Crippen LogP contribution in [-0.2, 0) is 84.9 Å². The van der Waals surface area contributed by atoms with Gasteiger partial charge < -0.3 is 103 Å². The van der Waals surface area contributed by atoms with Crippen molar-refractivity contribution in [3.8, 4) is 0 Å². The summed E-state index contributed by atoms with van der Waals surface area (Å²) in [4.78, 5) is 0. The van der Waals surface area contributed by atoms with Gasteiger partial charge >= 0.3 is 36.5 Å². The second kappa shape index (κ2) is 17.2. The molecule has 0 atom stereocenters. The first-order valence-corrected chi connectivity index (χ1v) is 10.2. The molecule has 0 amide bonds. The van der Waals surface area contributed by atoms with E-state index in [0.717, 1.165) is 0 Å². The van der Waals surface area contributed by atoms with Crippen LogP contribution in [0.5, 0.6) is 0 Å². The Labute approximate surface area is 215 Å². The first-order chi connectivity index (χ1) is 11.4. The number of rotatable bonds is 2. The van der Waals surface area contributed by atoms with Gasteiger partial charge in [-0.15, -0.1) is 10.2 Å². The van der Waals surface area contributed by atoms with Crippen LogP contribution in [-0.4, -0.2) is 53.7 Å². The molecule has 0 aromatic heterocycles. The predicted molar refractivity (Wildman–Crippen MR) is 120 cm³/mol. The van der Waals surface area contributed by atoms with Gasteiger partial charge in [-0.25, -0.2) is 0 Å². The molecule has 1 radical (unpaired) electrons. The van der Waals surface area contributed by atoms with E-state index in [1.807, 2.05) is 0 Å². The first kappa shape index (κ1) is 29.6. The standard InChI is InChI=1S/2C4H7N4S4.Mn.Zn/c2*9-3(10)6-8-2-1-5-12-4(11)7-8;;/h2*1-2H2,(H,7,11)(H2,6,9,10);;/q2*-1;2*+2/p-2. The number of thiocarbonyl (C=S) groups is 4. The van der Waals surface area contributed by atoms with Crippen molar-refractivity contribution in [1.29, 1.82) is 0 Å². The van der Waals surface area contributed by atoms with E-state index in [1.54, 1.807) is 10.2 Å². The second-order valence-corrected chi connectivity index (χ2v) is 8.97. The van der Waals surface area contributed by atoms with Gasteiger partial charge in [-0.2, -0.15) is 0 Å². The molecule has 0 aliphatic carbocycles. The van der Waals surface area contributed by atoms with Gasteiger partial charge in [-0.1, -0.05) is 24.4 Å². The van der Waals surface area contributed by atoms with Crippen LogP contribution in [0, 0.1) is 0 Å². The summed E-state index contributed by atoms with van der Waals surface area (Å²) in [6.07, 6.45) is 0. The topological polar surface area (TPSA) is 79.3 Å². The second-order valence-electron chi connectivity index (χ2n) is 3.79. The summed E-state index contributed by atoms with van der Waals surface area (Å²) in [5.74, 6) is 0. The fraction of sp³-hybridized carbons (Fsp3) is 0.500. The average Bonchev–Trinajstić information content (AvgIpc) is 2.78. The van der Waals surface area contributed by atoms with Gasteiger partial charge in [0, 0.05) is 13.1 Å². The molecule has 4 N–H and O–H groups in total. The SMILES string of the molecule is S=C([S-])NN1CCN=[S-]C(=S)N1.S=C([S-])NN1CCN=[S-]C(=S)N1.[Mn+2].[Zn+2]. The predicted octanol–water partition coefficient (Wildman–Crippen LogP) is -0.617. The van der Waals surface area contributed by atoms with Gasteiger partial charge in [0.2, 0.25) is 0 Å². The minimum absolute atomic E-state index is 0. The maximum Gasteiger partial charge on any atom is 2.00 e. The molecule has 0 unspecified atom stereocenters. The van der Waals surface area contributed by atoms with Crippen molar-refractivity contribution < 1.29 is 36.5 Å². The summed E-state index contributed by atoms with van der Waals surface area (Å²) >= 11 is 31.2. The summed E-state index contributed by atoms with van der Waals surface area (Å²) in [6, 6.07) is 0. The van der Waals surface area contributed by atoms with E-state index >= 15 is 0 Å². The molecule has 26 heavy (non-hydrogen) atoms. The number of hydrazine groups is 4. The molecule has 0 aromatic carbocycles. The Morgan fingerprint density at radius 1 is 0.923 bits per heavy atom. The Kier molecular flexibility index (Phi) is 19.6. The van der Waals surface area contributed by atoms with Gasteiger partial charge in [0.05, 0.1) is 13.1 Å². The van der Waals surface area contributed by atoms with E-state index in [1.165, 1.54) is 23.1 Å². The van der Waals surface area contributed by atoms with E-state index in [9.17, 15) is 0 Å². The summed E-state index contributed by atoms with van der Waals surface area (Å²) in [5.41, 5.74) is 11.3. The molecule has 0 bridgehead atoms. The number of nitrogens with one attached hydrogen (secondary N) is 4. The summed E-state index contributed by atoms with van der Waals surface area (Å²) in [6.45, 7) is 2.74. The Balaban J connectivity index is 0. The minimum atomic E-state index is 0. The fourth-order valence-corrected chi connectivity index (χ4v) is 3.11. The minimum Gasteiger partial charge on any atom is -0.449 e. The van der Waals surface area contributed by atoms with Gasteiger partial charge in [-0.3, -0.25) is 0 Å². The Hall–Kier alpha value is 1.36. The summed E-state index contributed by atoms with van der Waals surface area (Å²) in [5, 5.41) is 3.28. The van der Waals surface area contributed by atoms with Gasteiger partial charge in [0.1, 0.15) is 0 Å². The Bertz CT molecular complexity index is 514. The van der Waals surface area contributed by atoms with Crippen molar-refractivity contribution in [3.63, 3.8) is 0 Å². The van der Waals surface area contributed by atoms with Gasteiger partial charge in [-0.05, 0) is 17.3 Å². The molecule has 2 rings (SSSR count). The van der Waals surface area contributed by atoms with Crippen LogP contribution in [0.4, 0.5) is 0 Å². The van der Waals surface area contributed by atoms with Crippen LogP contribution in [0.2, 0.25) is 0 Å². The molecule has 141 valence electrons. The zero-order valence-corrected chi connectivity index (χ0v) is 23.6. The maximum absolute atomic E-state index is 4.92. The van der Waals surface area contributed by atoms with Crippen LogP contribution in [0.3, 0.4) is 0 Å². The van der Waals surface area contributed by atoms with E-state index in [0.29, 0.717) is 34.8 Å². The third-order valence-electron chi connectivity index (χ3n) is 2.03. The van der Waals surface area contributed by atoms with Crippen molar-refractivity contribution >= 4 is 115 Å². The monoisotopic (exact) mass is 595 g/mol. The van der Waals surface area contributed by atoms with Crippen LogP contribution in [0.1, 0.15) is 0 Å². The first-order valence-electron chi connectivity index (χ1n) is 6.16. The smallest absolute Gasteiger partial charge is 0.449 e. The number of hydrogen-bond donors (Lipinski definition) is 4. The van der Waals surface area contributed by atoms with Crippen molar-refractivity contribution in [1.82, 2.24) is 31.9 Å². The molecule has 0 spiro atoms. The molecule has 0 saturated carbocycles. The third kappa shape index (κ3) is 15.3. The molecule has 0 aromatic rings. The van der Waals surface area contributed by atoms with Crippen molar-refractivity contribution in [2.75, 3.05) is 26.2 Å². The molecule has 0 fully saturated rings. The van der Waals surface area contributed by atoms with Crippen molar-refractivity contribution in [3.05, 3.63) is 0 Å². The molecule has 0 saturated heterocycles. The van der Waals surface area contributed by atoms with Gasteiger partial charge in [0.25, 0.3) is 0 Å². The Morgan fingerprint density at radius 2 is 1.27 bits per heavy atom. The van der Waals surface area contributed by atoms with E-state index in [2.05, 4.69) is 30.4 Å². The average molecular weight is 597 g/mol. The molecule has 2 heterocycles. The molecule has 8 nitrogen and oxygen atoms in total. The van der Waals surface area contributed by atoms with E-state index in [-0.39, 0.29) is 45.2 Å². The molecule has 2 aliphatic rings. The largest absolute Gasteiger partial charge is 2.00 e. The van der Waals surface area contributed by atoms with Crippen LogP contribution < -0.4 is 21.7 Å². The molecule has 18 heteroatoms. The van der Waals surface area contributed by atoms with Crippen molar-refractivity contribution in [2.45, 2.75) is 0 Å². The summed E-state index contributed by atoms with van der Waals surface area (Å²) in [7, 11) is 0. The maximum atomic E-state index is 4.92. The molecule has 2 aliphatic heterocycles. The Morgan fingerprint density at radius 3 is 1.58 bits per heavy atom. The zero-order chi connectivity index (χ0) is 17.9. The molecular formula is C8H12MnN8S8Zn. The van der Waals surface area contributed by atoms with Crippen LogP contribution in [0.25, 0.3) is 0 Å².